The van der Waals surface area contributed by atoms with Crippen LogP contribution < -0.4 is 14.8 Å². The van der Waals surface area contributed by atoms with Crippen LogP contribution >= 0.6 is 0 Å². The zero-order chi connectivity index (χ0) is 21.8. The molecule has 0 unspecified atom stereocenters. The molecule has 1 aliphatic carbocycles. The van der Waals surface area contributed by atoms with Gasteiger partial charge >= 0.3 is 6.03 Å². The van der Waals surface area contributed by atoms with Crippen LogP contribution in [0.2, 0.25) is 0 Å². The van der Waals surface area contributed by atoms with Crippen LogP contribution in [-0.2, 0) is 16.6 Å². The number of rotatable bonds is 7. The maximum atomic E-state index is 12.8. The lowest BCUT2D eigenvalue weighted by molar-refractivity contribution is 0.143. The van der Waals surface area contributed by atoms with Crippen LogP contribution in [0.15, 0.2) is 47.6 Å². The van der Waals surface area contributed by atoms with Crippen molar-refractivity contribution in [2.75, 3.05) is 38.6 Å². The maximum Gasteiger partial charge on any atom is 0.322 e. The summed E-state index contributed by atoms with van der Waals surface area (Å²) < 4.78 is 33.0. The van der Waals surface area contributed by atoms with Gasteiger partial charge in [-0.05, 0) is 48.7 Å². The van der Waals surface area contributed by atoms with E-state index in [-0.39, 0.29) is 17.0 Å². The van der Waals surface area contributed by atoms with Crippen molar-refractivity contribution in [1.82, 2.24) is 19.5 Å². The van der Waals surface area contributed by atoms with Crippen molar-refractivity contribution in [2.24, 2.45) is 0 Å². The van der Waals surface area contributed by atoms with Crippen molar-refractivity contribution in [3.63, 3.8) is 0 Å². The number of piperazine rings is 1. The predicted molar refractivity (Wildman–Crippen MR) is 116 cm³/mol. The first-order chi connectivity index (χ1) is 14.9. The third-order valence-electron chi connectivity index (χ3n) is 5.44. The van der Waals surface area contributed by atoms with Crippen molar-refractivity contribution < 1.29 is 17.9 Å². The number of urea groups is 1. The number of carbonyl (C=O) groups is 1. The number of aromatic nitrogens is 1. The Kier molecular flexibility index (Phi) is 6.40. The Morgan fingerprint density at radius 1 is 1.13 bits per heavy atom. The Bertz CT molecular complexity index is 1020. The molecule has 166 valence electrons. The molecule has 2 fully saturated rings. The number of ether oxygens (including phenoxy) is 1. The molecule has 1 aliphatic heterocycles. The summed E-state index contributed by atoms with van der Waals surface area (Å²) in [6, 6.07) is 8.21. The molecule has 1 aromatic heterocycles. The van der Waals surface area contributed by atoms with E-state index in [4.69, 9.17) is 4.74 Å². The van der Waals surface area contributed by atoms with Crippen molar-refractivity contribution in [1.29, 1.82) is 0 Å². The summed E-state index contributed by atoms with van der Waals surface area (Å²) in [5, 5.41) is 2.82. The van der Waals surface area contributed by atoms with Gasteiger partial charge in [0.15, 0.2) is 0 Å². The topological polar surface area (TPSA) is 104 Å². The van der Waals surface area contributed by atoms with Crippen LogP contribution in [0.3, 0.4) is 0 Å². The van der Waals surface area contributed by atoms with Crippen LogP contribution in [-0.4, -0.2) is 68.6 Å². The summed E-state index contributed by atoms with van der Waals surface area (Å²) in [6.45, 7) is 3.50. The minimum Gasteiger partial charge on any atom is -0.495 e. The molecule has 1 aromatic carbocycles. The van der Waals surface area contributed by atoms with E-state index in [0.717, 1.165) is 32.5 Å². The molecule has 2 N–H and O–H groups in total. The van der Waals surface area contributed by atoms with Crippen molar-refractivity contribution in [3.05, 3.63) is 48.3 Å². The number of nitrogens with one attached hydrogen (secondary N) is 2. The third-order valence-corrected chi connectivity index (χ3v) is 6.96. The summed E-state index contributed by atoms with van der Waals surface area (Å²) in [5.74, 6) is 0.412. The van der Waals surface area contributed by atoms with Gasteiger partial charge in [-0.15, -0.1) is 0 Å². The van der Waals surface area contributed by atoms with Crippen molar-refractivity contribution in [3.8, 4) is 5.75 Å². The molecule has 10 heteroatoms. The molecule has 2 aromatic rings. The first kappa shape index (κ1) is 21.5. The van der Waals surface area contributed by atoms with Crippen molar-refractivity contribution in [2.45, 2.75) is 30.3 Å². The fourth-order valence-electron chi connectivity index (χ4n) is 3.49. The van der Waals surface area contributed by atoms with E-state index in [1.165, 1.54) is 24.8 Å². The van der Waals surface area contributed by atoms with Gasteiger partial charge in [-0.1, -0.05) is 0 Å². The smallest absolute Gasteiger partial charge is 0.322 e. The number of amides is 2. The van der Waals surface area contributed by atoms with E-state index in [1.54, 1.807) is 23.4 Å². The molecule has 1 saturated carbocycles. The lowest BCUT2D eigenvalue weighted by atomic mass is 10.2. The number of benzene rings is 1. The molecule has 0 radical (unpaired) electrons. The minimum absolute atomic E-state index is 0.00795. The monoisotopic (exact) mass is 445 g/mol. The van der Waals surface area contributed by atoms with Crippen LogP contribution in [0.25, 0.3) is 0 Å². The largest absolute Gasteiger partial charge is 0.495 e. The summed E-state index contributed by atoms with van der Waals surface area (Å²) in [7, 11) is -2.14. The van der Waals surface area contributed by atoms with E-state index >= 15 is 0 Å². The summed E-state index contributed by atoms with van der Waals surface area (Å²) >= 11 is 0. The second-order valence-electron chi connectivity index (χ2n) is 7.81. The van der Waals surface area contributed by atoms with E-state index in [1.807, 2.05) is 12.1 Å². The van der Waals surface area contributed by atoms with E-state index in [0.29, 0.717) is 24.5 Å². The van der Waals surface area contributed by atoms with Crippen molar-refractivity contribution >= 4 is 21.7 Å². The molecule has 2 heterocycles. The first-order valence-corrected chi connectivity index (χ1v) is 11.8. The lowest BCUT2D eigenvalue weighted by Gasteiger charge is -2.34. The molecule has 0 bridgehead atoms. The van der Waals surface area contributed by atoms with E-state index < -0.39 is 10.0 Å². The second kappa shape index (κ2) is 9.21. The number of anilines is 1. The minimum atomic E-state index is -3.62. The summed E-state index contributed by atoms with van der Waals surface area (Å²) in [5.41, 5.74) is 1.53. The highest BCUT2D eigenvalue weighted by Gasteiger charge is 2.29. The predicted octanol–water partition coefficient (Wildman–Crippen LogP) is 1.88. The first-order valence-electron chi connectivity index (χ1n) is 10.3. The second-order valence-corrected chi connectivity index (χ2v) is 9.52. The molecule has 2 aliphatic rings. The van der Waals surface area contributed by atoms with Gasteiger partial charge in [0.05, 0.1) is 17.7 Å². The number of pyridine rings is 1. The van der Waals surface area contributed by atoms with Gasteiger partial charge in [-0.2, -0.15) is 0 Å². The highest BCUT2D eigenvalue weighted by molar-refractivity contribution is 7.89. The Balaban J connectivity index is 1.38. The Labute approximate surface area is 182 Å². The van der Waals surface area contributed by atoms with Gasteiger partial charge in [-0.3, -0.25) is 9.88 Å². The number of hydrogen-bond acceptors (Lipinski definition) is 6. The molecule has 2 amide bonds. The summed E-state index contributed by atoms with van der Waals surface area (Å²) in [6.07, 6.45) is 5.26. The maximum absolute atomic E-state index is 12.8. The van der Waals surface area contributed by atoms with Crippen LogP contribution in [0.1, 0.15) is 18.4 Å². The number of sulfonamides is 1. The van der Waals surface area contributed by atoms with Crippen LogP contribution in [0, 0.1) is 0 Å². The Morgan fingerprint density at radius 2 is 1.84 bits per heavy atom. The van der Waals surface area contributed by atoms with Gasteiger partial charge in [0.2, 0.25) is 10.0 Å². The van der Waals surface area contributed by atoms with Crippen LogP contribution in [0.5, 0.6) is 5.75 Å². The quantitative estimate of drug-likeness (QED) is 0.675. The van der Waals surface area contributed by atoms with Gasteiger partial charge in [0.1, 0.15) is 5.75 Å². The zero-order valence-corrected chi connectivity index (χ0v) is 18.3. The fraction of sp³-hybridized carbons (Fsp3) is 0.429. The molecule has 9 nitrogen and oxygen atoms in total. The highest BCUT2D eigenvalue weighted by atomic mass is 32.2. The highest BCUT2D eigenvalue weighted by Crippen LogP contribution is 2.29. The number of hydrogen-bond donors (Lipinski definition) is 2. The lowest BCUT2D eigenvalue weighted by Crippen LogP contribution is -2.49. The number of carbonyl (C=O) groups excluding carboxylic acids is 1. The van der Waals surface area contributed by atoms with Gasteiger partial charge < -0.3 is 15.0 Å². The molecule has 31 heavy (non-hydrogen) atoms. The molecular formula is C21H27N5O4S. The van der Waals surface area contributed by atoms with E-state index in [2.05, 4.69) is 19.9 Å². The molecule has 0 spiro atoms. The number of nitrogens with zero attached hydrogens (tertiary/aromatic N) is 3. The van der Waals surface area contributed by atoms with Gasteiger partial charge in [0, 0.05) is 51.2 Å². The molecule has 0 atom stereocenters. The molecule has 1 saturated heterocycles. The average molecular weight is 446 g/mol. The average Bonchev–Trinajstić information content (AvgIpc) is 3.58. The van der Waals surface area contributed by atoms with Gasteiger partial charge in [-0.25, -0.2) is 17.9 Å². The summed E-state index contributed by atoms with van der Waals surface area (Å²) in [4.78, 5) is 21.0. The Morgan fingerprint density at radius 3 is 2.48 bits per heavy atom. The van der Waals surface area contributed by atoms with Gasteiger partial charge in [0.25, 0.3) is 0 Å². The SMILES string of the molecule is COc1ccc(S(=O)(=O)NC2CC2)cc1NC(=O)N1CCN(Cc2ccncc2)CC1. The zero-order valence-electron chi connectivity index (χ0n) is 17.5. The van der Waals surface area contributed by atoms with E-state index in [9.17, 15) is 13.2 Å². The fourth-order valence-corrected chi connectivity index (χ4v) is 4.82. The molecule has 4 rings (SSSR count). The van der Waals surface area contributed by atoms with Crippen LogP contribution in [0.4, 0.5) is 10.5 Å². The molecular weight excluding hydrogens is 418 g/mol. The normalized spacial score (nSPS) is 17.4. The number of methoxy groups -OCH3 is 1. The standard InChI is InChI=1S/C21H27N5O4S/c1-30-20-5-4-18(31(28,29)24-17-2-3-17)14-19(20)23-21(27)26-12-10-25(11-13-26)15-16-6-8-22-9-7-16/h4-9,14,17,24H,2-3,10-13,15H2,1H3,(H,23,27). The Hall–Kier alpha value is -2.69. The third kappa shape index (κ3) is 5.52.